The Labute approximate surface area is 105 Å². The summed E-state index contributed by atoms with van der Waals surface area (Å²) in [6.45, 7) is 9.25. The zero-order chi connectivity index (χ0) is 13.1. The number of likely N-dealkylation sites (N-methyl/N-ethyl adjacent to an activating group) is 1. The lowest BCUT2D eigenvalue weighted by molar-refractivity contribution is -0.154. The molecule has 17 heavy (non-hydrogen) atoms. The zero-order valence-electron chi connectivity index (χ0n) is 11.7. The highest BCUT2D eigenvalue weighted by atomic mass is 16.4. The van der Waals surface area contributed by atoms with E-state index in [0.717, 1.165) is 19.4 Å². The molecular formula is C14H27NO2. The van der Waals surface area contributed by atoms with Gasteiger partial charge in [0.1, 0.15) is 5.54 Å². The van der Waals surface area contributed by atoms with Gasteiger partial charge in [0.2, 0.25) is 0 Å². The first-order valence-electron chi connectivity index (χ1n) is 7.01. The Morgan fingerprint density at radius 2 is 2.00 bits per heavy atom. The number of aliphatic carboxylic acids is 1. The smallest absolute Gasteiger partial charge is 0.324 e. The molecule has 0 amide bonds. The minimum absolute atomic E-state index is 0.471. The lowest BCUT2D eigenvalue weighted by atomic mass is 9.82. The first kappa shape index (κ1) is 14.5. The molecule has 1 fully saturated rings. The van der Waals surface area contributed by atoms with Crippen LogP contribution in [0.5, 0.6) is 0 Å². The van der Waals surface area contributed by atoms with Crippen molar-refractivity contribution < 1.29 is 9.90 Å². The Bertz CT molecular complexity index is 263. The molecule has 0 aromatic rings. The van der Waals surface area contributed by atoms with Crippen molar-refractivity contribution in [1.82, 2.24) is 4.90 Å². The van der Waals surface area contributed by atoms with Gasteiger partial charge in [-0.1, -0.05) is 34.1 Å². The van der Waals surface area contributed by atoms with Gasteiger partial charge in [-0.2, -0.15) is 0 Å². The molecule has 1 N–H and O–H groups in total. The molecule has 2 atom stereocenters. The highest BCUT2D eigenvalue weighted by molar-refractivity contribution is 5.79. The molecular weight excluding hydrogens is 214 g/mol. The maximum absolute atomic E-state index is 11.8. The van der Waals surface area contributed by atoms with E-state index >= 15 is 0 Å². The number of carboxylic acids is 1. The third-order valence-electron chi connectivity index (χ3n) is 4.24. The van der Waals surface area contributed by atoms with E-state index in [1.165, 1.54) is 12.8 Å². The summed E-state index contributed by atoms with van der Waals surface area (Å²) < 4.78 is 0. The summed E-state index contributed by atoms with van der Waals surface area (Å²) in [7, 11) is 0. The topological polar surface area (TPSA) is 40.5 Å². The average molecular weight is 241 g/mol. The second-order valence-electron chi connectivity index (χ2n) is 5.43. The van der Waals surface area contributed by atoms with Crippen LogP contribution in [0.15, 0.2) is 0 Å². The predicted molar refractivity (Wildman–Crippen MR) is 70.1 cm³/mol. The van der Waals surface area contributed by atoms with Gasteiger partial charge in [-0.15, -0.1) is 0 Å². The first-order chi connectivity index (χ1) is 8.01. The van der Waals surface area contributed by atoms with Crippen LogP contribution in [-0.2, 0) is 4.79 Å². The lowest BCUT2D eigenvalue weighted by Crippen LogP contribution is -2.56. The maximum Gasteiger partial charge on any atom is 0.324 e. The van der Waals surface area contributed by atoms with Gasteiger partial charge in [0.25, 0.3) is 0 Å². The summed E-state index contributed by atoms with van der Waals surface area (Å²) in [5, 5.41) is 9.70. The van der Waals surface area contributed by atoms with Gasteiger partial charge in [0.05, 0.1) is 0 Å². The Balaban J connectivity index is 2.92. The van der Waals surface area contributed by atoms with Crippen molar-refractivity contribution in [3.8, 4) is 0 Å². The Morgan fingerprint density at radius 3 is 2.29 bits per heavy atom. The molecule has 0 radical (unpaired) electrons. The van der Waals surface area contributed by atoms with Crippen LogP contribution in [0.3, 0.4) is 0 Å². The molecule has 0 aromatic carbocycles. The molecule has 3 heteroatoms. The SMILES string of the molecule is CCC(C)CC(CC)(C(=O)O)N(CC)C1CC1. The van der Waals surface area contributed by atoms with Crippen LogP contribution in [0, 0.1) is 5.92 Å². The van der Waals surface area contributed by atoms with Gasteiger partial charge < -0.3 is 5.11 Å². The van der Waals surface area contributed by atoms with Crippen LogP contribution >= 0.6 is 0 Å². The molecule has 0 heterocycles. The minimum Gasteiger partial charge on any atom is -0.480 e. The number of hydrogen-bond acceptors (Lipinski definition) is 2. The molecule has 0 spiro atoms. The molecule has 1 saturated carbocycles. The van der Waals surface area contributed by atoms with E-state index in [2.05, 4.69) is 25.7 Å². The molecule has 0 aromatic heterocycles. The summed E-state index contributed by atoms with van der Waals surface area (Å²) in [5.74, 6) is -0.159. The molecule has 0 aliphatic heterocycles. The van der Waals surface area contributed by atoms with E-state index in [0.29, 0.717) is 18.4 Å². The fourth-order valence-electron chi connectivity index (χ4n) is 2.84. The van der Waals surface area contributed by atoms with E-state index in [4.69, 9.17) is 0 Å². The number of hydrogen-bond donors (Lipinski definition) is 1. The Hall–Kier alpha value is -0.570. The lowest BCUT2D eigenvalue weighted by Gasteiger charge is -2.41. The summed E-state index contributed by atoms with van der Waals surface area (Å²) in [4.78, 5) is 14.0. The highest BCUT2D eigenvalue weighted by Gasteiger charge is 2.48. The third-order valence-corrected chi connectivity index (χ3v) is 4.24. The van der Waals surface area contributed by atoms with Crippen molar-refractivity contribution in [3.63, 3.8) is 0 Å². The first-order valence-corrected chi connectivity index (χ1v) is 7.01. The molecule has 1 aliphatic rings. The summed E-state index contributed by atoms with van der Waals surface area (Å²) in [5.41, 5.74) is -0.634. The highest BCUT2D eigenvalue weighted by Crippen LogP contribution is 2.38. The normalized spacial score (nSPS) is 21.2. The minimum atomic E-state index is -0.634. The Kier molecular flexibility index (Phi) is 4.99. The number of carbonyl (C=O) groups is 1. The maximum atomic E-state index is 11.8. The van der Waals surface area contributed by atoms with Crippen molar-refractivity contribution >= 4 is 5.97 Å². The predicted octanol–water partition coefficient (Wildman–Crippen LogP) is 3.14. The van der Waals surface area contributed by atoms with Gasteiger partial charge in [0.15, 0.2) is 0 Å². The second kappa shape index (κ2) is 5.85. The van der Waals surface area contributed by atoms with Gasteiger partial charge in [-0.3, -0.25) is 9.69 Å². The molecule has 1 aliphatic carbocycles. The van der Waals surface area contributed by atoms with Crippen molar-refractivity contribution in [2.45, 2.75) is 71.4 Å². The number of rotatable bonds is 8. The van der Waals surface area contributed by atoms with Gasteiger partial charge in [0, 0.05) is 6.04 Å². The van der Waals surface area contributed by atoms with Crippen LogP contribution in [0.2, 0.25) is 0 Å². The molecule has 2 unspecified atom stereocenters. The van der Waals surface area contributed by atoms with E-state index in [-0.39, 0.29) is 0 Å². The van der Waals surface area contributed by atoms with Crippen LogP contribution < -0.4 is 0 Å². The van der Waals surface area contributed by atoms with E-state index in [9.17, 15) is 9.90 Å². The molecule has 3 nitrogen and oxygen atoms in total. The Morgan fingerprint density at radius 1 is 1.41 bits per heavy atom. The number of carboxylic acid groups (broad SMARTS) is 1. The van der Waals surface area contributed by atoms with Crippen LogP contribution in [0.1, 0.15) is 59.8 Å². The summed E-state index contributed by atoms with van der Waals surface area (Å²) >= 11 is 0. The number of nitrogens with zero attached hydrogens (tertiary/aromatic N) is 1. The van der Waals surface area contributed by atoms with Gasteiger partial charge in [-0.25, -0.2) is 0 Å². The van der Waals surface area contributed by atoms with Crippen molar-refractivity contribution in [3.05, 3.63) is 0 Å². The van der Waals surface area contributed by atoms with Crippen molar-refractivity contribution in [1.29, 1.82) is 0 Å². The monoisotopic (exact) mass is 241 g/mol. The van der Waals surface area contributed by atoms with Crippen LogP contribution in [-0.4, -0.2) is 34.1 Å². The standard InChI is InChI=1S/C14H27NO2/c1-5-11(4)10-14(6-2,13(16)17)15(7-3)12-8-9-12/h11-12H,5-10H2,1-4H3,(H,16,17). The molecule has 0 saturated heterocycles. The van der Waals surface area contributed by atoms with E-state index in [1.54, 1.807) is 0 Å². The second-order valence-corrected chi connectivity index (χ2v) is 5.43. The zero-order valence-corrected chi connectivity index (χ0v) is 11.7. The summed E-state index contributed by atoms with van der Waals surface area (Å²) in [6, 6.07) is 0.514. The molecule has 1 rings (SSSR count). The van der Waals surface area contributed by atoms with Crippen LogP contribution in [0.4, 0.5) is 0 Å². The molecule has 0 bridgehead atoms. The summed E-state index contributed by atoms with van der Waals surface area (Å²) in [6.07, 6.45) is 4.88. The molecule has 100 valence electrons. The quantitative estimate of drug-likeness (QED) is 0.709. The fraction of sp³-hybridized carbons (Fsp3) is 0.929. The van der Waals surface area contributed by atoms with Gasteiger partial charge >= 0.3 is 5.97 Å². The average Bonchev–Trinajstić information content (AvgIpc) is 3.12. The fourth-order valence-corrected chi connectivity index (χ4v) is 2.84. The van der Waals surface area contributed by atoms with Gasteiger partial charge in [-0.05, 0) is 38.1 Å². The largest absolute Gasteiger partial charge is 0.480 e. The van der Waals surface area contributed by atoms with E-state index in [1.807, 2.05) is 6.92 Å². The van der Waals surface area contributed by atoms with Crippen molar-refractivity contribution in [2.24, 2.45) is 5.92 Å². The van der Waals surface area contributed by atoms with Crippen LogP contribution in [0.25, 0.3) is 0 Å². The van der Waals surface area contributed by atoms with Crippen molar-refractivity contribution in [2.75, 3.05) is 6.54 Å². The van der Waals surface area contributed by atoms with E-state index < -0.39 is 11.5 Å². The third kappa shape index (κ3) is 3.01.